The van der Waals surface area contributed by atoms with Crippen LogP contribution >= 0.6 is 12.2 Å². The Labute approximate surface area is 224 Å². The van der Waals surface area contributed by atoms with E-state index in [4.69, 9.17) is 26.5 Å². The number of ether oxygens (including phenoxy) is 2. The predicted molar refractivity (Wildman–Crippen MR) is 134 cm³/mol. The zero-order valence-corrected chi connectivity index (χ0v) is 22.5. The molecule has 204 valence electrons. The molecule has 7 nitrogen and oxygen atoms in total. The van der Waals surface area contributed by atoms with Crippen LogP contribution in [0.3, 0.4) is 0 Å². The average molecular weight is 548 g/mol. The first kappa shape index (κ1) is 26.0. The highest BCUT2D eigenvalue weighted by atomic mass is 32.1. The molecule has 1 aliphatic heterocycles. The lowest BCUT2D eigenvalue weighted by molar-refractivity contribution is -0.255. The van der Waals surface area contributed by atoms with Crippen LogP contribution in [-0.4, -0.2) is 57.0 Å². The maximum Gasteiger partial charge on any atom is 0.367 e. The summed E-state index contributed by atoms with van der Waals surface area (Å²) in [6.07, 6.45) is 1.13. The maximum atomic E-state index is 17.5. The number of pyridine rings is 1. The molecular formula is C28H31F2NO6S. The normalized spacial score (nSPS) is 46.4. The number of halogens is 2. The molecule has 9 atom stereocenters. The molecule has 6 rings (SSSR count). The monoisotopic (exact) mass is 547 g/mol. The highest BCUT2D eigenvalue weighted by molar-refractivity contribution is 7.71. The minimum absolute atomic E-state index is 0.0470. The molecule has 0 bridgehead atoms. The number of alkyl halides is 2. The molecule has 38 heavy (non-hydrogen) atoms. The molecule has 4 aliphatic carbocycles. The van der Waals surface area contributed by atoms with E-state index in [0.717, 1.165) is 10.8 Å². The molecule has 1 aromatic rings. The van der Waals surface area contributed by atoms with E-state index in [1.165, 1.54) is 18.3 Å². The van der Waals surface area contributed by atoms with Gasteiger partial charge in [-0.25, -0.2) is 13.6 Å². The Kier molecular flexibility index (Phi) is 5.40. The van der Waals surface area contributed by atoms with Gasteiger partial charge in [0, 0.05) is 22.9 Å². The van der Waals surface area contributed by atoms with E-state index in [9.17, 15) is 14.7 Å². The molecule has 0 spiro atoms. The second-order valence-electron chi connectivity index (χ2n) is 12.2. The van der Waals surface area contributed by atoms with E-state index in [2.05, 4.69) is 0 Å². The smallest absolute Gasteiger partial charge is 0.367 e. The molecule has 4 fully saturated rings. The molecule has 3 saturated carbocycles. The van der Waals surface area contributed by atoms with Gasteiger partial charge in [0.1, 0.15) is 16.9 Å². The van der Waals surface area contributed by atoms with Crippen LogP contribution in [0.15, 0.2) is 48.2 Å². The summed E-state index contributed by atoms with van der Waals surface area (Å²) < 4.78 is 47.2. The largest absolute Gasteiger partial charge is 0.390 e. The van der Waals surface area contributed by atoms with E-state index in [0.29, 0.717) is 0 Å². The number of hydrogen-bond acceptors (Lipinski definition) is 7. The van der Waals surface area contributed by atoms with E-state index >= 15 is 8.78 Å². The van der Waals surface area contributed by atoms with Crippen LogP contribution in [0.1, 0.15) is 47.0 Å². The Morgan fingerprint density at radius 1 is 1.21 bits per heavy atom. The van der Waals surface area contributed by atoms with Gasteiger partial charge in [0.15, 0.2) is 17.2 Å². The minimum atomic E-state index is -2.27. The molecule has 0 radical (unpaired) electrons. The van der Waals surface area contributed by atoms with Crippen molar-refractivity contribution in [3.05, 3.63) is 52.8 Å². The van der Waals surface area contributed by atoms with Crippen molar-refractivity contribution in [2.45, 2.75) is 82.4 Å². The SMILES string of the molecule is CC1(C)O[C@@H]2C[C@H]3[C@@H]4C[C@H](F)C5=CC(=O)C=C[C@]5(C)[C@@]4(F)[C@@H](O)C[C@]3(C)[C@]2(C(=O)On2ccccc2=S)O1. The zero-order valence-electron chi connectivity index (χ0n) is 21.6. The summed E-state index contributed by atoms with van der Waals surface area (Å²) in [6.45, 7) is 6.69. The van der Waals surface area contributed by atoms with Crippen LogP contribution in [-0.2, 0) is 19.1 Å². The maximum absolute atomic E-state index is 17.5. The predicted octanol–water partition coefficient (Wildman–Crippen LogP) is 3.99. The molecule has 1 saturated heterocycles. The van der Waals surface area contributed by atoms with Crippen LogP contribution in [0.4, 0.5) is 8.78 Å². The molecule has 0 aromatic carbocycles. The summed E-state index contributed by atoms with van der Waals surface area (Å²) in [5.41, 5.74) is -6.61. The standard InChI is InChI=1S/C28H31F2NO6S/c1-24(2)35-21-13-16-17-12-19(29)18-11-15(32)8-9-25(18,3)27(17,30)20(33)14-26(16,4)28(21,37-24)23(34)36-31-10-6-5-7-22(31)38/h5-11,16-17,19-21,33H,12-14H2,1-4H3/t16-,17-,19-,20-,21+,25-,26-,27-,28-/m0/s1. The number of allylic oxidation sites excluding steroid dienone is 4. The van der Waals surface area contributed by atoms with Crippen molar-refractivity contribution < 1.29 is 37.8 Å². The summed E-state index contributed by atoms with van der Waals surface area (Å²) in [6, 6.07) is 4.98. The Bertz CT molecular complexity index is 1360. The lowest BCUT2D eigenvalue weighted by atomic mass is 9.44. The van der Waals surface area contributed by atoms with Gasteiger partial charge in [0.25, 0.3) is 0 Å². The second-order valence-corrected chi connectivity index (χ2v) is 12.6. The van der Waals surface area contributed by atoms with Crippen molar-refractivity contribution in [1.82, 2.24) is 4.73 Å². The van der Waals surface area contributed by atoms with Gasteiger partial charge in [-0.15, -0.1) is 0 Å². The number of ketones is 1. The van der Waals surface area contributed by atoms with Gasteiger partial charge in [-0.1, -0.05) is 31.3 Å². The summed E-state index contributed by atoms with van der Waals surface area (Å²) in [5.74, 6) is -3.89. The number of fused-ring (bicyclic) bond motifs is 7. The minimum Gasteiger partial charge on any atom is -0.390 e. The number of nitrogens with zero attached hydrogens (tertiary/aromatic N) is 1. The molecule has 10 heteroatoms. The molecule has 0 unspecified atom stereocenters. The molecule has 0 amide bonds. The van der Waals surface area contributed by atoms with E-state index < -0.39 is 69.9 Å². The Morgan fingerprint density at radius 2 is 1.95 bits per heavy atom. The third kappa shape index (κ3) is 3.06. The quantitative estimate of drug-likeness (QED) is 0.561. The molecular weight excluding hydrogens is 516 g/mol. The van der Waals surface area contributed by atoms with Crippen molar-refractivity contribution in [3.63, 3.8) is 0 Å². The molecule has 5 aliphatic rings. The van der Waals surface area contributed by atoms with Crippen molar-refractivity contribution >= 4 is 24.0 Å². The van der Waals surface area contributed by atoms with Crippen LogP contribution in [0.25, 0.3) is 0 Å². The summed E-state index contributed by atoms with van der Waals surface area (Å²) >= 11 is 5.29. The number of carbonyl (C=O) groups excluding carboxylic acids is 2. The van der Waals surface area contributed by atoms with E-state index in [-0.39, 0.29) is 29.5 Å². The van der Waals surface area contributed by atoms with Crippen LogP contribution in [0.5, 0.6) is 0 Å². The van der Waals surface area contributed by atoms with Gasteiger partial charge < -0.3 is 19.4 Å². The number of aliphatic hydroxyl groups excluding tert-OH is 1. The first-order valence-corrected chi connectivity index (χ1v) is 13.4. The second kappa shape index (κ2) is 7.90. The number of rotatable bonds is 2. The Balaban J connectivity index is 1.47. The van der Waals surface area contributed by atoms with Crippen LogP contribution in [0.2, 0.25) is 0 Å². The number of carbonyl (C=O) groups is 2. The van der Waals surface area contributed by atoms with E-state index in [1.807, 2.05) is 0 Å². The van der Waals surface area contributed by atoms with E-state index in [1.54, 1.807) is 45.9 Å². The summed E-state index contributed by atoms with van der Waals surface area (Å²) in [4.78, 5) is 31.9. The highest BCUT2D eigenvalue weighted by Crippen LogP contribution is 2.72. The Hall–Kier alpha value is -2.27. The number of aromatic nitrogens is 1. The molecule has 1 N–H and O–H groups in total. The highest BCUT2D eigenvalue weighted by Gasteiger charge is 2.81. The van der Waals surface area contributed by atoms with Crippen molar-refractivity contribution in [2.24, 2.45) is 22.7 Å². The fraction of sp³-hybridized carbons (Fsp3) is 0.607. The topological polar surface area (TPSA) is 87.0 Å². The van der Waals surface area contributed by atoms with Gasteiger partial charge in [-0.2, -0.15) is 4.73 Å². The lowest BCUT2D eigenvalue weighted by Gasteiger charge is -2.63. The zero-order chi connectivity index (χ0) is 27.5. The van der Waals surface area contributed by atoms with Gasteiger partial charge >= 0.3 is 5.97 Å². The fourth-order valence-corrected chi connectivity index (χ4v) is 8.48. The average Bonchev–Trinajstić information content (AvgIpc) is 3.25. The van der Waals surface area contributed by atoms with Crippen molar-refractivity contribution in [3.8, 4) is 0 Å². The summed E-state index contributed by atoms with van der Waals surface area (Å²) in [7, 11) is 0. The van der Waals surface area contributed by atoms with Gasteiger partial charge in [0.05, 0.1) is 6.10 Å². The lowest BCUT2D eigenvalue weighted by Crippen LogP contribution is -2.71. The molecule has 2 heterocycles. The number of hydrogen-bond donors (Lipinski definition) is 1. The first-order chi connectivity index (χ1) is 17.7. The van der Waals surface area contributed by atoms with Gasteiger partial charge in [-0.3, -0.25) is 4.79 Å². The molecule has 1 aromatic heterocycles. The third-order valence-corrected chi connectivity index (χ3v) is 10.2. The fourth-order valence-electron chi connectivity index (χ4n) is 8.30. The van der Waals surface area contributed by atoms with Gasteiger partial charge in [0.2, 0.25) is 5.60 Å². The van der Waals surface area contributed by atoms with Crippen LogP contribution in [0, 0.1) is 27.3 Å². The third-order valence-electron chi connectivity index (χ3n) is 9.89. The van der Waals surface area contributed by atoms with Crippen LogP contribution < -0.4 is 4.84 Å². The number of aliphatic hydroxyl groups is 1. The first-order valence-electron chi connectivity index (χ1n) is 12.9. The van der Waals surface area contributed by atoms with Crippen molar-refractivity contribution in [2.75, 3.05) is 0 Å². The van der Waals surface area contributed by atoms with Gasteiger partial charge in [-0.05, 0) is 75.8 Å². The van der Waals surface area contributed by atoms with Crippen molar-refractivity contribution in [1.29, 1.82) is 0 Å². The summed E-state index contributed by atoms with van der Waals surface area (Å²) in [5, 5.41) is 11.6. The Morgan fingerprint density at radius 3 is 2.66 bits per heavy atom.